The third kappa shape index (κ3) is 4.63. The van der Waals surface area contributed by atoms with Crippen LogP contribution >= 0.6 is 15.9 Å². The van der Waals surface area contributed by atoms with E-state index in [1.165, 1.54) is 0 Å². The molecule has 0 saturated carbocycles. The maximum atomic E-state index is 12.0. The van der Waals surface area contributed by atoms with Crippen molar-refractivity contribution in [3.05, 3.63) is 34.9 Å². The van der Waals surface area contributed by atoms with Crippen molar-refractivity contribution < 1.29 is 14.3 Å². The van der Waals surface area contributed by atoms with Gasteiger partial charge in [0.2, 0.25) is 0 Å². The molecule has 1 amide bonds. The van der Waals surface area contributed by atoms with Crippen LogP contribution in [0.3, 0.4) is 0 Å². The molecule has 1 aromatic carbocycles. The normalized spacial score (nSPS) is 15.6. The number of piperidine rings is 1. The zero-order valence-corrected chi connectivity index (χ0v) is 16.2. The van der Waals surface area contributed by atoms with Crippen LogP contribution in [-0.2, 0) is 4.74 Å². The van der Waals surface area contributed by atoms with E-state index < -0.39 is 0 Å². The number of pyridine rings is 1. The SMILES string of the molecule is CC(C)COC(=O)N1CCC(Oc2cc(Br)cc3cccnc23)CC1. The topological polar surface area (TPSA) is 51.7 Å². The van der Waals surface area contributed by atoms with Gasteiger partial charge in [0.05, 0.1) is 6.61 Å². The van der Waals surface area contributed by atoms with E-state index in [1.54, 1.807) is 11.1 Å². The Morgan fingerprint density at radius 1 is 1.36 bits per heavy atom. The Balaban J connectivity index is 1.60. The van der Waals surface area contributed by atoms with Gasteiger partial charge in [-0.25, -0.2) is 4.79 Å². The fourth-order valence-corrected chi connectivity index (χ4v) is 3.33. The average Bonchev–Trinajstić information content (AvgIpc) is 2.60. The van der Waals surface area contributed by atoms with Crippen LogP contribution in [0, 0.1) is 5.92 Å². The van der Waals surface area contributed by atoms with Crippen LogP contribution < -0.4 is 4.74 Å². The van der Waals surface area contributed by atoms with Gasteiger partial charge < -0.3 is 14.4 Å². The lowest BCUT2D eigenvalue weighted by Gasteiger charge is -2.31. The summed E-state index contributed by atoms with van der Waals surface area (Å²) in [6.45, 7) is 5.83. The van der Waals surface area contributed by atoms with Gasteiger partial charge in [-0.15, -0.1) is 0 Å². The van der Waals surface area contributed by atoms with Gasteiger partial charge >= 0.3 is 6.09 Å². The predicted molar refractivity (Wildman–Crippen MR) is 101 cm³/mol. The van der Waals surface area contributed by atoms with Crippen molar-refractivity contribution in [1.82, 2.24) is 9.88 Å². The van der Waals surface area contributed by atoms with E-state index in [9.17, 15) is 4.79 Å². The second-order valence-corrected chi connectivity index (χ2v) is 7.67. The molecule has 6 heteroatoms. The van der Waals surface area contributed by atoms with Crippen LogP contribution in [-0.4, -0.2) is 41.8 Å². The average molecular weight is 407 g/mol. The van der Waals surface area contributed by atoms with E-state index in [0.717, 1.165) is 34.0 Å². The molecule has 0 atom stereocenters. The summed E-state index contributed by atoms with van der Waals surface area (Å²) in [5.74, 6) is 1.13. The van der Waals surface area contributed by atoms with E-state index >= 15 is 0 Å². The summed E-state index contributed by atoms with van der Waals surface area (Å²) in [5.41, 5.74) is 0.865. The maximum absolute atomic E-state index is 12.0. The number of hydrogen-bond donors (Lipinski definition) is 0. The molecule has 1 aliphatic heterocycles. The van der Waals surface area contributed by atoms with Gasteiger partial charge in [-0.2, -0.15) is 0 Å². The zero-order chi connectivity index (χ0) is 17.8. The van der Waals surface area contributed by atoms with Gasteiger partial charge in [0, 0.05) is 42.0 Å². The van der Waals surface area contributed by atoms with E-state index in [0.29, 0.717) is 25.6 Å². The van der Waals surface area contributed by atoms with Crippen molar-refractivity contribution in [2.75, 3.05) is 19.7 Å². The largest absolute Gasteiger partial charge is 0.488 e. The second-order valence-electron chi connectivity index (χ2n) is 6.75. The highest BCUT2D eigenvalue weighted by molar-refractivity contribution is 9.10. The molecule has 1 aromatic heterocycles. The second kappa shape index (κ2) is 8.04. The Hall–Kier alpha value is -1.82. The van der Waals surface area contributed by atoms with Gasteiger partial charge in [-0.05, 0) is 24.1 Å². The number of nitrogens with zero attached hydrogens (tertiary/aromatic N) is 2. The molecule has 0 radical (unpaired) electrons. The fourth-order valence-electron chi connectivity index (χ4n) is 2.88. The summed E-state index contributed by atoms with van der Waals surface area (Å²) in [4.78, 5) is 18.2. The molecule has 25 heavy (non-hydrogen) atoms. The van der Waals surface area contributed by atoms with Crippen molar-refractivity contribution in [1.29, 1.82) is 0 Å². The number of hydrogen-bond acceptors (Lipinski definition) is 4. The Kier molecular flexibility index (Phi) is 5.78. The highest BCUT2D eigenvalue weighted by Crippen LogP contribution is 2.30. The smallest absolute Gasteiger partial charge is 0.409 e. The number of halogens is 1. The molecule has 1 saturated heterocycles. The number of fused-ring (bicyclic) bond motifs is 1. The van der Waals surface area contributed by atoms with Crippen molar-refractivity contribution in [3.63, 3.8) is 0 Å². The number of carbonyl (C=O) groups excluding carboxylic acids is 1. The summed E-state index contributed by atoms with van der Waals surface area (Å²) in [6.07, 6.45) is 3.21. The summed E-state index contributed by atoms with van der Waals surface area (Å²) in [6, 6.07) is 7.92. The van der Waals surface area contributed by atoms with Gasteiger partial charge in [0.15, 0.2) is 0 Å². The molecule has 0 spiro atoms. The lowest BCUT2D eigenvalue weighted by atomic mass is 10.1. The first kappa shape index (κ1) is 18.0. The molecule has 3 rings (SSSR count). The fraction of sp³-hybridized carbons (Fsp3) is 0.474. The Morgan fingerprint density at radius 2 is 2.12 bits per heavy atom. The van der Waals surface area contributed by atoms with Crippen molar-refractivity contribution in [2.24, 2.45) is 5.92 Å². The molecule has 134 valence electrons. The van der Waals surface area contributed by atoms with E-state index in [4.69, 9.17) is 9.47 Å². The quantitative estimate of drug-likeness (QED) is 0.742. The van der Waals surface area contributed by atoms with Gasteiger partial charge in [-0.3, -0.25) is 4.98 Å². The standard InChI is InChI=1S/C19H23BrN2O3/c1-13(2)12-24-19(23)22-8-5-16(6-9-22)25-17-11-15(20)10-14-4-3-7-21-18(14)17/h3-4,7,10-11,13,16H,5-6,8-9,12H2,1-2H3. The molecule has 0 N–H and O–H groups in total. The minimum atomic E-state index is -0.221. The van der Waals surface area contributed by atoms with Crippen LogP contribution in [0.1, 0.15) is 26.7 Å². The first-order chi connectivity index (χ1) is 12.0. The highest BCUT2D eigenvalue weighted by atomic mass is 79.9. The van der Waals surface area contributed by atoms with Crippen LogP contribution in [0.15, 0.2) is 34.9 Å². The van der Waals surface area contributed by atoms with Crippen LogP contribution in [0.5, 0.6) is 5.75 Å². The van der Waals surface area contributed by atoms with Crippen LogP contribution in [0.25, 0.3) is 10.9 Å². The van der Waals surface area contributed by atoms with E-state index in [-0.39, 0.29) is 12.2 Å². The zero-order valence-electron chi connectivity index (χ0n) is 14.6. The Bertz CT molecular complexity index is 743. The molecule has 0 bridgehead atoms. The number of aromatic nitrogens is 1. The first-order valence-electron chi connectivity index (χ1n) is 8.65. The Morgan fingerprint density at radius 3 is 2.84 bits per heavy atom. The lowest BCUT2D eigenvalue weighted by Crippen LogP contribution is -2.42. The van der Waals surface area contributed by atoms with Gasteiger partial charge in [0.25, 0.3) is 0 Å². The molecule has 1 fully saturated rings. The van der Waals surface area contributed by atoms with Crippen LogP contribution in [0.2, 0.25) is 0 Å². The summed E-state index contributed by atoms with van der Waals surface area (Å²) in [7, 11) is 0. The first-order valence-corrected chi connectivity index (χ1v) is 9.45. The summed E-state index contributed by atoms with van der Waals surface area (Å²) in [5, 5.41) is 1.04. The van der Waals surface area contributed by atoms with Crippen LogP contribution in [0.4, 0.5) is 4.79 Å². The predicted octanol–water partition coefficient (Wildman–Crippen LogP) is 4.63. The Labute approximate surface area is 156 Å². The monoisotopic (exact) mass is 406 g/mol. The number of likely N-dealkylation sites (tertiary alicyclic amines) is 1. The molecular weight excluding hydrogens is 384 g/mol. The third-order valence-electron chi connectivity index (χ3n) is 4.17. The molecular formula is C19H23BrN2O3. The minimum Gasteiger partial charge on any atom is -0.488 e. The molecule has 2 heterocycles. The van der Waals surface area contributed by atoms with Crippen molar-refractivity contribution in [2.45, 2.75) is 32.8 Å². The number of amides is 1. The van der Waals surface area contributed by atoms with E-state index in [2.05, 4.69) is 20.9 Å². The van der Waals surface area contributed by atoms with Gasteiger partial charge in [-0.1, -0.05) is 35.8 Å². The molecule has 2 aromatic rings. The number of rotatable bonds is 4. The number of carbonyl (C=O) groups is 1. The number of benzene rings is 1. The molecule has 0 unspecified atom stereocenters. The third-order valence-corrected chi connectivity index (χ3v) is 4.63. The molecule has 0 aliphatic carbocycles. The van der Waals surface area contributed by atoms with Gasteiger partial charge in [0.1, 0.15) is 17.4 Å². The summed E-state index contributed by atoms with van der Waals surface area (Å²) < 4.78 is 12.5. The number of ether oxygens (including phenoxy) is 2. The van der Waals surface area contributed by atoms with E-state index in [1.807, 2.05) is 38.1 Å². The highest BCUT2D eigenvalue weighted by Gasteiger charge is 2.25. The van der Waals surface area contributed by atoms with Crippen molar-refractivity contribution in [3.8, 4) is 5.75 Å². The summed E-state index contributed by atoms with van der Waals surface area (Å²) >= 11 is 3.53. The lowest BCUT2D eigenvalue weighted by molar-refractivity contribution is 0.0622. The minimum absolute atomic E-state index is 0.0775. The molecule has 1 aliphatic rings. The van der Waals surface area contributed by atoms with Crippen molar-refractivity contribution >= 4 is 32.9 Å². The maximum Gasteiger partial charge on any atom is 0.409 e. The molecule has 5 nitrogen and oxygen atoms in total.